The zero-order valence-corrected chi connectivity index (χ0v) is 17.6. The van der Waals surface area contributed by atoms with Gasteiger partial charge in [0.15, 0.2) is 26.9 Å². The quantitative estimate of drug-likeness (QED) is 0.128. The predicted molar refractivity (Wildman–Crippen MR) is 114 cm³/mol. The summed E-state index contributed by atoms with van der Waals surface area (Å²) in [6.45, 7) is 0. The zero-order valence-electron chi connectivity index (χ0n) is 15.9. The summed E-state index contributed by atoms with van der Waals surface area (Å²) in [5.41, 5.74) is 5.19. The molecular formula is C20H14N2O8S2. The number of rotatable bonds is 4. The molecule has 0 saturated heterocycles. The van der Waals surface area contributed by atoms with Crippen LogP contribution in [-0.4, -0.2) is 32.5 Å². The average Bonchev–Trinajstić information content (AvgIpc) is 2.70. The van der Waals surface area contributed by atoms with Crippen molar-refractivity contribution in [2.24, 2.45) is 0 Å². The lowest BCUT2D eigenvalue weighted by Crippen LogP contribution is -2.11. The smallest absolute Gasteiger partial charge is 0.336 e. The molecule has 10 nitrogen and oxygen atoms in total. The molecule has 0 atom stereocenters. The van der Waals surface area contributed by atoms with Gasteiger partial charge in [0, 0.05) is 16.5 Å². The molecule has 12 heteroatoms. The Balaban J connectivity index is 2.39. The Morgan fingerprint density at radius 1 is 1.03 bits per heavy atom. The second-order valence-electron chi connectivity index (χ2n) is 6.76. The summed E-state index contributed by atoms with van der Waals surface area (Å²) in [4.78, 5) is 10.5. The van der Waals surface area contributed by atoms with Gasteiger partial charge in [-0.25, -0.2) is 13.2 Å². The van der Waals surface area contributed by atoms with E-state index in [9.17, 15) is 31.3 Å². The molecule has 0 bridgehead atoms. The highest BCUT2D eigenvalue weighted by molar-refractivity contribution is 7.86. The van der Waals surface area contributed by atoms with Gasteiger partial charge in [-0.1, -0.05) is 18.2 Å². The van der Waals surface area contributed by atoms with Gasteiger partial charge in [-0.15, -0.1) is 0 Å². The summed E-state index contributed by atoms with van der Waals surface area (Å²) >= 11 is 0. The molecule has 164 valence electrons. The maximum atomic E-state index is 12.1. The first-order valence-corrected chi connectivity index (χ1v) is 11.4. The Bertz CT molecular complexity index is 1640. The van der Waals surface area contributed by atoms with Gasteiger partial charge in [0.2, 0.25) is 0 Å². The lowest BCUT2D eigenvalue weighted by molar-refractivity contribution is 0.0697. The van der Waals surface area contributed by atoms with E-state index < -0.39 is 47.5 Å². The number of aromatic carboxylic acids is 1. The summed E-state index contributed by atoms with van der Waals surface area (Å²) < 4.78 is 63.4. The van der Waals surface area contributed by atoms with Gasteiger partial charge >= 0.3 is 5.97 Å². The maximum absolute atomic E-state index is 12.1. The van der Waals surface area contributed by atoms with Gasteiger partial charge in [-0.2, -0.15) is 8.42 Å². The van der Waals surface area contributed by atoms with E-state index in [-0.39, 0.29) is 39.1 Å². The van der Waals surface area contributed by atoms with Crippen LogP contribution < -0.4 is 11.1 Å². The van der Waals surface area contributed by atoms with Gasteiger partial charge in [-0.3, -0.25) is 9.96 Å². The Hall–Kier alpha value is -3.74. The second-order valence-corrected chi connectivity index (χ2v) is 9.08. The molecule has 4 rings (SSSR count). The average molecular weight is 474 g/mol. The maximum Gasteiger partial charge on any atom is 0.336 e. The van der Waals surface area contributed by atoms with E-state index in [2.05, 4.69) is 0 Å². The van der Waals surface area contributed by atoms with E-state index in [1.807, 2.05) is 0 Å². The van der Waals surface area contributed by atoms with E-state index in [4.69, 9.17) is 15.6 Å². The minimum atomic E-state index is -4.93. The molecule has 1 aliphatic heterocycles. The number of nitrogens with two attached hydrogens (primary N) is 1. The summed E-state index contributed by atoms with van der Waals surface area (Å²) in [6.07, 6.45) is 0. The molecule has 0 spiro atoms. The number of carbonyl (C=O) groups is 1. The molecule has 0 fully saturated rings. The SMILES string of the molecule is N=c1ccc2c(-c3ccccc3C(=O)O)c3ccc(N)c(S(=O)(=O)O)c3oc-2c1[SH](=O)=O. The highest BCUT2D eigenvalue weighted by Crippen LogP contribution is 2.45. The molecule has 32 heavy (non-hydrogen) atoms. The summed E-state index contributed by atoms with van der Waals surface area (Å²) in [7, 11) is -8.29. The molecule has 1 heterocycles. The Kier molecular flexibility index (Phi) is 5.00. The van der Waals surface area contributed by atoms with E-state index in [1.54, 1.807) is 6.07 Å². The van der Waals surface area contributed by atoms with Gasteiger partial charge in [0.25, 0.3) is 10.1 Å². The van der Waals surface area contributed by atoms with Crippen molar-refractivity contribution < 1.29 is 35.7 Å². The first-order valence-electron chi connectivity index (χ1n) is 8.83. The van der Waals surface area contributed by atoms with Crippen LogP contribution in [0.3, 0.4) is 0 Å². The Morgan fingerprint density at radius 3 is 2.34 bits per heavy atom. The highest BCUT2D eigenvalue weighted by atomic mass is 32.2. The molecular weight excluding hydrogens is 460 g/mol. The fraction of sp³-hybridized carbons (Fsp3) is 0. The first kappa shape index (κ1) is 21.5. The standard InChI is InChI=1S/C20H14N2O8S2/c21-13-7-5-11-15(9-3-1-2-4-10(9)20(23)24)12-6-8-14(22)19(32(27,28)29)17(12)30-16(11)18(13)31(25)26/h1-8,21,31H,22H2,(H,23,24)(H,27,28,29). The van der Waals surface area contributed by atoms with Crippen LogP contribution in [0.5, 0.6) is 0 Å². The molecule has 2 aromatic rings. The summed E-state index contributed by atoms with van der Waals surface area (Å²) in [5.74, 6) is -1.65. The van der Waals surface area contributed by atoms with Crippen LogP contribution in [-0.2, 0) is 20.8 Å². The van der Waals surface area contributed by atoms with Crippen molar-refractivity contribution in [2.45, 2.75) is 9.79 Å². The van der Waals surface area contributed by atoms with Crippen molar-refractivity contribution >= 4 is 43.4 Å². The number of thiol groups is 1. The normalized spacial score (nSPS) is 11.9. The Labute approximate surface area is 182 Å². The van der Waals surface area contributed by atoms with Gasteiger partial charge < -0.3 is 15.3 Å². The van der Waals surface area contributed by atoms with Gasteiger partial charge in [0.05, 0.1) is 16.6 Å². The van der Waals surface area contributed by atoms with Crippen LogP contribution in [0.2, 0.25) is 0 Å². The fourth-order valence-electron chi connectivity index (χ4n) is 3.62. The third-order valence-electron chi connectivity index (χ3n) is 4.88. The van der Waals surface area contributed by atoms with Crippen molar-refractivity contribution in [2.75, 3.05) is 5.73 Å². The molecule has 0 unspecified atom stereocenters. The van der Waals surface area contributed by atoms with Crippen LogP contribution in [0.15, 0.2) is 62.7 Å². The number of benzene rings is 3. The molecule has 1 aliphatic carbocycles. The third kappa shape index (κ3) is 3.30. The van der Waals surface area contributed by atoms with Crippen molar-refractivity contribution in [1.29, 1.82) is 5.41 Å². The van der Waals surface area contributed by atoms with Gasteiger partial charge in [-0.05, 0) is 35.9 Å². The minimum absolute atomic E-state index is 0.0674. The Morgan fingerprint density at radius 2 is 1.72 bits per heavy atom. The number of nitrogens with one attached hydrogen (secondary N) is 1. The van der Waals surface area contributed by atoms with Crippen LogP contribution in [0.25, 0.3) is 33.4 Å². The molecule has 0 radical (unpaired) electrons. The molecule has 2 aromatic carbocycles. The number of nitrogen functional groups attached to an aromatic ring is 1. The summed E-state index contributed by atoms with van der Waals surface area (Å²) in [5, 5.41) is 17.3. The topological polar surface area (TPSA) is 189 Å². The van der Waals surface area contributed by atoms with E-state index in [0.29, 0.717) is 0 Å². The molecule has 0 aromatic heterocycles. The van der Waals surface area contributed by atoms with E-state index in [1.165, 1.54) is 42.5 Å². The summed E-state index contributed by atoms with van der Waals surface area (Å²) in [6, 6.07) is 11.0. The van der Waals surface area contributed by atoms with Crippen LogP contribution >= 0.6 is 0 Å². The molecule has 5 N–H and O–H groups in total. The third-order valence-corrected chi connectivity index (χ3v) is 6.63. The number of carboxylic acid groups (broad SMARTS) is 1. The van der Waals surface area contributed by atoms with Crippen LogP contribution in [0, 0.1) is 5.41 Å². The highest BCUT2D eigenvalue weighted by Gasteiger charge is 2.29. The van der Waals surface area contributed by atoms with Crippen LogP contribution in [0.1, 0.15) is 10.4 Å². The zero-order chi connectivity index (χ0) is 23.4. The van der Waals surface area contributed by atoms with Crippen molar-refractivity contribution in [3.63, 3.8) is 0 Å². The molecule has 0 amide bonds. The molecule has 2 aliphatic rings. The number of carboxylic acids is 1. The number of fused-ring (bicyclic) bond motifs is 2. The largest absolute Gasteiger partial charge is 0.478 e. The lowest BCUT2D eigenvalue weighted by atomic mass is 9.90. The van der Waals surface area contributed by atoms with Gasteiger partial charge in [0.1, 0.15) is 4.90 Å². The molecule has 0 saturated carbocycles. The number of anilines is 1. The van der Waals surface area contributed by atoms with Crippen molar-refractivity contribution in [3.8, 4) is 22.5 Å². The lowest BCUT2D eigenvalue weighted by Gasteiger charge is -2.19. The minimum Gasteiger partial charge on any atom is -0.478 e. The second kappa shape index (κ2) is 7.44. The fourth-order valence-corrected chi connectivity index (χ4v) is 4.97. The van der Waals surface area contributed by atoms with E-state index >= 15 is 0 Å². The monoisotopic (exact) mass is 474 g/mol. The predicted octanol–water partition coefficient (Wildman–Crippen LogP) is 2.18. The van der Waals surface area contributed by atoms with Crippen molar-refractivity contribution in [3.05, 3.63) is 59.5 Å². The van der Waals surface area contributed by atoms with E-state index in [0.717, 1.165) is 0 Å². The van der Waals surface area contributed by atoms with Crippen LogP contribution in [0.4, 0.5) is 5.69 Å². The number of hydrogen-bond donors (Lipinski definition) is 5. The first-order chi connectivity index (χ1) is 15.0. The van der Waals surface area contributed by atoms with Crippen molar-refractivity contribution in [1.82, 2.24) is 0 Å². The number of hydrogen-bond acceptors (Lipinski definition) is 8.